The lowest BCUT2D eigenvalue weighted by Crippen LogP contribution is -2.36. The van der Waals surface area contributed by atoms with Crippen molar-refractivity contribution in [2.45, 2.75) is 39.5 Å². The van der Waals surface area contributed by atoms with Gasteiger partial charge in [0.2, 0.25) is 0 Å². The van der Waals surface area contributed by atoms with Gasteiger partial charge in [0.15, 0.2) is 0 Å². The summed E-state index contributed by atoms with van der Waals surface area (Å²) < 4.78 is 40.4. The van der Waals surface area contributed by atoms with E-state index in [0.29, 0.717) is 0 Å². The van der Waals surface area contributed by atoms with Gasteiger partial charge in [-0.2, -0.15) is 13.2 Å². The maximum atomic E-state index is 11.8. The van der Waals surface area contributed by atoms with Gasteiger partial charge in [-0.1, -0.05) is 6.92 Å². The third kappa shape index (κ3) is 8.52. The Bertz CT molecular complexity index is 233. The molecule has 0 aromatic rings. The van der Waals surface area contributed by atoms with Gasteiger partial charge in [-0.25, -0.2) is 0 Å². The summed E-state index contributed by atoms with van der Waals surface area (Å²) in [5, 5.41) is 2.17. The fourth-order valence-corrected chi connectivity index (χ4v) is 0.916. The molecule has 0 fully saturated rings. The Balaban J connectivity index is 3.89. The minimum Gasteiger partial charge on any atom is -0.460 e. The van der Waals surface area contributed by atoms with Gasteiger partial charge in [-0.05, 0) is 20.8 Å². The zero-order valence-corrected chi connectivity index (χ0v) is 9.94. The van der Waals surface area contributed by atoms with Crippen molar-refractivity contribution in [1.29, 1.82) is 0 Å². The molecule has 0 aliphatic rings. The van der Waals surface area contributed by atoms with Crippen molar-refractivity contribution in [3.8, 4) is 0 Å². The lowest BCUT2D eigenvalue weighted by atomic mass is 10.1. The molecule has 16 heavy (non-hydrogen) atoms. The molecule has 0 spiro atoms. The number of carbonyl (C=O) groups is 1. The van der Waals surface area contributed by atoms with Crippen LogP contribution < -0.4 is 5.32 Å². The van der Waals surface area contributed by atoms with Gasteiger partial charge in [0.25, 0.3) is 0 Å². The van der Waals surface area contributed by atoms with Crippen molar-refractivity contribution in [3.63, 3.8) is 0 Å². The molecular weight excluding hydrogens is 223 g/mol. The van der Waals surface area contributed by atoms with E-state index in [2.05, 4.69) is 5.32 Å². The van der Waals surface area contributed by atoms with Crippen LogP contribution in [0.25, 0.3) is 0 Å². The predicted octanol–water partition coefficient (Wildman–Crippen LogP) is 2.12. The first-order valence-electron chi connectivity index (χ1n) is 5.01. The van der Waals surface area contributed by atoms with Gasteiger partial charge >= 0.3 is 12.1 Å². The molecule has 3 nitrogen and oxygen atoms in total. The fourth-order valence-electron chi connectivity index (χ4n) is 0.916. The van der Waals surface area contributed by atoms with Gasteiger partial charge in [0.05, 0.1) is 12.5 Å². The molecule has 0 bridgehead atoms. The summed E-state index contributed by atoms with van der Waals surface area (Å²) in [6.07, 6.45) is -4.26. The standard InChI is InChI=1S/C10H18F3NO2/c1-7(5-14-6-10(11,12)13)8(15)16-9(2,3)4/h7,14H,5-6H2,1-4H3. The molecule has 0 aliphatic carbocycles. The minimum absolute atomic E-state index is 0.0472. The van der Waals surface area contributed by atoms with E-state index in [9.17, 15) is 18.0 Å². The molecule has 0 aromatic heterocycles. The van der Waals surface area contributed by atoms with Crippen LogP contribution in [0.4, 0.5) is 13.2 Å². The minimum atomic E-state index is -4.26. The van der Waals surface area contributed by atoms with Gasteiger partial charge in [0.1, 0.15) is 5.60 Å². The number of nitrogens with one attached hydrogen (secondary N) is 1. The van der Waals surface area contributed by atoms with Crippen LogP contribution in [0.15, 0.2) is 0 Å². The Labute approximate surface area is 93.3 Å². The van der Waals surface area contributed by atoms with Crippen LogP contribution in [0.5, 0.6) is 0 Å². The quantitative estimate of drug-likeness (QED) is 0.766. The highest BCUT2D eigenvalue weighted by Crippen LogP contribution is 2.13. The van der Waals surface area contributed by atoms with Crippen molar-refractivity contribution in [1.82, 2.24) is 5.32 Å². The summed E-state index contributed by atoms with van der Waals surface area (Å²) in [4.78, 5) is 11.4. The molecule has 0 heterocycles. The van der Waals surface area contributed by atoms with E-state index in [-0.39, 0.29) is 6.54 Å². The van der Waals surface area contributed by atoms with Crippen LogP contribution >= 0.6 is 0 Å². The molecule has 6 heteroatoms. The predicted molar refractivity (Wildman–Crippen MR) is 53.9 cm³/mol. The number of carbonyl (C=O) groups excluding carboxylic acids is 1. The lowest BCUT2D eigenvalue weighted by molar-refractivity contribution is -0.159. The summed E-state index contributed by atoms with van der Waals surface area (Å²) >= 11 is 0. The Morgan fingerprint density at radius 2 is 1.81 bits per heavy atom. The van der Waals surface area contributed by atoms with Gasteiger partial charge in [-0.15, -0.1) is 0 Å². The molecule has 96 valence electrons. The molecule has 1 atom stereocenters. The highest BCUT2D eigenvalue weighted by atomic mass is 19.4. The van der Waals surface area contributed by atoms with Gasteiger partial charge < -0.3 is 10.1 Å². The molecule has 0 amide bonds. The molecule has 0 aliphatic heterocycles. The van der Waals surface area contributed by atoms with Crippen LogP contribution in [0, 0.1) is 5.92 Å². The third-order valence-electron chi connectivity index (χ3n) is 1.59. The van der Waals surface area contributed by atoms with Crippen molar-refractivity contribution in [2.75, 3.05) is 13.1 Å². The van der Waals surface area contributed by atoms with Crippen molar-refractivity contribution in [2.24, 2.45) is 5.92 Å². The second-order valence-electron chi connectivity index (χ2n) is 4.68. The molecule has 0 rings (SSSR count). The molecule has 0 radical (unpaired) electrons. The fraction of sp³-hybridized carbons (Fsp3) is 0.900. The number of ether oxygens (including phenoxy) is 1. The Hall–Kier alpha value is -0.780. The number of esters is 1. The Morgan fingerprint density at radius 3 is 2.19 bits per heavy atom. The van der Waals surface area contributed by atoms with Crippen LogP contribution in [0.2, 0.25) is 0 Å². The van der Waals surface area contributed by atoms with Crippen LogP contribution in [0.3, 0.4) is 0 Å². The largest absolute Gasteiger partial charge is 0.460 e. The summed E-state index contributed by atoms with van der Waals surface area (Å²) in [7, 11) is 0. The third-order valence-corrected chi connectivity index (χ3v) is 1.59. The number of halogens is 3. The maximum Gasteiger partial charge on any atom is 0.401 e. The van der Waals surface area contributed by atoms with Crippen LogP contribution in [-0.2, 0) is 9.53 Å². The average molecular weight is 241 g/mol. The number of hydrogen-bond acceptors (Lipinski definition) is 3. The second-order valence-corrected chi connectivity index (χ2v) is 4.68. The number of rotatable bonds is 4. The first kappa shape index (κ1) is 15.2. The molecular formula is C10H18F3NO2. The number of alkyl halides is 3. The van der Waals surface area contributed by atoms with Crippen molar-refractivity contribution >= 4 is 5.97 Å². The molecule has 1 unspecified atom stereocenters. The molecule has 1 N–H and O–H groups in total. The summed E-state index contributed by atoms with van der Waals surface area (Å²) in [6, 6.07) is 0. The first-order chi connectivity index (χ1) is 7.01. The summed E-state index contributed by atoms with van der Waals surface area (Å²) in [5.74, 6) is -1.09. The SMILES string of the molecule is CC(CNCC(F)(F)F)C(=O)OC(C)(C)C. The molecule has 0 aromatic carbocycles. The van der Waals surface area contributed by atoms with E-state index in [1.165, 1.54) is 6.92 Å². The van der Waals surface area contributed by atoms with Gasteiger partial charge in [-0.3, -0.25) is 4.79 Å². The van der Waals surface area contributed by atoms with Crippen LogP contribution in [-0.4, -0.2) is 30.8 Å². The van der Waals surface area contributed by atoms with E-state index in [4.69, 9.17) is 4.74 Å². The van der Waals surface area contributed by atoms with Gasteiger partial charge in [0, 0.05) is 6.54 Å². The molecule has 0 saturated carbocycles. The number of hydrogen-bond donors (Lipinski definition) is 1. The van der Waals surface area contributed by atoms with E-state index < -0.39 is 30.2 Å². The molecule has 0 saturated heterocycles. The topological polar surface area (TPSA) is 38.3 Å². The van der Waals surface area contributed by atoms with E-state index >= 15 is 0 Å². The van der Waals surface area contributed by atoms with E-state index in [1.807, 2.05) is 0 Å². The van der Waals surface area contributed by atoms with Crippen LogP contribution in [0.1, 0.15) is 27.7 Å². The average Bonchev–Trinajstić information content (AvgIpc) is 1.98. The normalized spacial score (nSPS) is 14.7. The Morgan fingerprint density at radius 1 is 1.31 bits per heavy atom. The first-order valence-corrected chi connectivity index (χ1v) is 5.01. The zero-order chi connectivity index (χ0) is 13.0. The van der Waals surface area contributed by atoms with Crippen molar-refractivity contribution < 1.29 is 22.7 Å². The monoisotopic (exact) mass is 241 g/mol. The van der Waals surface area contributed by atoms with Crippen molar-refractivity contribution in [3.05, 3.63) is 0 Å². The smallest absolute Gasteiger partial charge is 0.401 e. The summed E-state index contributed by atoms with van der Waals surface area (Å²) in [6.45, 7) is 5.51. The Kier molecular flexibility index (Phi) is 5.25. The van der Waals surface area contributed by atoms with E-state index in [0.717, 1.165) is 0 Å². The summed E-state index contributed by atoms with van der Waals surface area (Å²) in [5.41, 5.74) is -0.616. The van der Waals surface area contributed by atoms with E-state index in [1.54, 1.807) is 20.8 Å². The highest BCUT2D eigenvalue weighted by molar-refractivity contribution is 5.72. The lowest BCUT2D eigenvalue weighted by Gasteiger charge is -2.22. The zero-order valence-electron chi connectivity index (χ0n) is 9.94. The highest BCUT2D eigenvalue weighted by Gasteiger charge is 2.27. The maximum absolute atomic E-state index is 11.8. The second kappa shape index (κ2) is 5.52.